The molecule has 0 aliphatic heterocycles. The van der Waals surface area contributed by atoms with Crippen molar-refractivity contribution in [2.75, 3.05) is 0 Å². The Hall–Kier alpha value is -0.330. The Labute approximate surface area is 63.5 Å². The zero-order valence-corrected chi connectivity index (χ0v) is 7.39. The Morgan fingerprint density at radius 2 is 2.00 bits per heavy atom. The van der Waals surface area contributed by atoms with Crippen molar-refractivity contribution >= 4 is 5.71 Å². The molecule has 2 atom stereocenters. The molecule has 1 fully saturated rings. The normalized spacial score (nSPS) is 30.5. The van der Waals surface area contributed by atoms with Gasteiger partial charge < -0.3 is 0 Å². The summed E-state index contributed by atoms with van der Waals surface area (Å²) in [6.07, 6.45) is 1.32. The zero-order chi connectivity index (χ0) is 7.72. The Kier molecular flexibility index (Phi) is 2.12. The van der Waals surface area contributed by atoms with Crippen LogP contribution in [-0.4, -0.2) is 11.8 Å². The van der Waals surface area contributed by atoms with Gasteiger partial charge in [0.1, 0.15) is 0 Å². The van der Waals surface area contributed by atoms with E-state index in [1.54, 1.807) is 0 Å². The van der Waals surface area contributed by atoms with E-state index >= 15 is 0 Å². The summed E-state index contributed by atoms with van der Waals surface area (Å²) < 4.78 is 0. The third-order valence-electron chi connectivity index (χ3n) is 2.09. The van der Waals surface area contributed by atoms with E-state index in [1.807, 2.05) is 0 Å². The van der Waals surface area contributed by atoms with Gasteiger partial charge in [-0.1, -0.05) is 13.8 Å². The van der Waals surface area contributed by atoms with Gasteiger partial charge in [-0.3, -0.25) is 4.99 Å². The summed E-state index contributed by atoms with van der Waals surface area (Å²) in [5.74, 6) is 1.71. The van der Waals surface area contributed by atoms with Crippen LogP contribution in [0.3, 0.4) is 0 Å². The second-order valence-corrected chi connectivity index (χ2v) is 3.79. The molecule has 0 N–H and O–H groups in total. The van der Waals surface area contributed by atoms with Gasteiger partial charge in [0.2, 0.25) is 0 Å². The SMILES string of the molecule is CC(C)=N[C@@H]1CC1C(C)C. The Balaban J connectivity index is 2.33. The summed E-state index contributed by atoms with van der Waals surface area (Å²) in [5.41, 5.74) is 1.23. The highest BCUT2D eigenvalue weighted by Crippen LogP contribution is 2.39. The molecule has 0 aromatic carbocycles. The lowest BCUT2D eigenvalue weighted by molar-refractivity contribution is 0.548. The zero-order valence-electron chi connectivity index (χ0n) is 7.39. The molecule has 0 radical (unpaired) electrons. The molecule has 0 saturated heterocycles. The maximum atomic E-state index is 4.51. The molecule has 1 aliphatic rings. The summed E-state index contributed by atoms with van der Waals surface area (Å²) in [6.45, 7) is 8.72. The molecule has 1 saturated carbocycles. The monoisotopic (exact) mass is 139 g/mol. The number of hydrogen-bond acceptors (Lipinski definition) is 1. The van der Waals surface area contributed by atoms with Gasteiger partial charge >= 0.3 is 0 Å². The van der Waals surface area contributed by atoms with Crippen LogP contribution in [0.5, 0.6) is 0 Å². The highest BCUT2D eigenvalue weighted by molar-refractivity contribution is 5.79. The fraction of sp³-hybridized carbons (Fsp3) is 0.889. The first-order valence-electron chi connectivity index (χ1n) is 4.12. The third-order valence-corrected chi connectivity index (χ3v) is 2.09. The number of nitrogens with zero attached hydrogens (tertiary/aromatic N) is 1. The van der Waals surface area contributed by atoms with E-state index in [9.17, 15) is 0 Å². The van der Waals surface area contributed by atoms with E-state index in [0.29, 0.717) is 6.04 Å². The molecule has 0 amide bonds. The first-order chi connectivity index (χ1) is 4.61. The van der Waals surface area contributed by atoms with Crippen LogP contribution < -0.4 is 0 Å². The van der Waals surface area contributed by atoms with Crippen LogP contribution in [0.25, 0.3) is 0 Å². The average Bonchev–Trinajstić information content (AvgIpc) is 2.43. The molecule has 0 aromatic rings. The van der Waals surface area contributed by atoms with Crippen LogP contribution in [0.2, 0.25) is 0 Å². The summed E-state index contributed by atoms with van der Waals surface area (Å²) in [4.78, 5) is 4.51. The van der Waals surface area contributed by atoms with Crippen molar-refractivity contribution in [2.45, 2.75) is 40.2 Å². The quantitative estimate of drug-likeness (QED) is 0.521. The van der Waals surface area contributed by atoms with Crippen molar-refractivity contribution in [1.29, 1.82) is 0 Å². The maximum absolute atomic E-state index is 4.51. The molecule has 0 heterocycles. The van der Waals surface area contributed by atoms with Gasteiger partial charge in [0.05, 0.1) is 6.04 Å². The average molecular weight is 139 g/mol. The van der Waals surface area contributed by atoms with Crippen LogP contribution in [0.4, 0.5) is 0 Å². The van der Waals surface area contributed by atoms with Crippen molar-refractivity contribution in [3.8, 4) is 0 Å². The molecular formula is C9H17N. The van der Waals surface area contributed by atoms with Crippen LogP contribution in [-0.2, 0) is 0 Å². The van der Waals surface area contributed by atoms with E-state index in [0.717, 1.165) is 11.8 Å². The maximum Gasteiger partial charge on any atom is 0.0533 e. The summed E-state index contributed by atoms with van der Waals surface area (Å²) in [6, 6.07) is 0.671. The van der Waals surface area contributed by atoms with Gasteiger partial charge in [-0.25, -0.2) is 0 Å². The van der Waals surface area contributed by atoms with Crippen LogP contribution in [0, 0.1) is 11.8 Å². The Morgan fingerprint density at radius 1 is 1.40 bits per heavy atom. The minimum absolute atomic E-state index is 0.671. The minimum atomic E-state index is 0.671. The van der Waals surface area contributed by atoms with E-state index < -0.39 is 0 Å². The largest absolute Gasteiger partial charge is 0.291 e. The summed E-state index contributed by atoms with van der Waals surface area (Å²) >= 11 is 0. The second-order valence-electron chi connectivity index (χ2n) is 3.79. The van der Waals surface area contributed by atoms with E-state index in [1.165, 1.54) is 12.1 Å². The standard InChI is InChI=1S/C9H17N/c1-6(2)8-5-9(8)10-7(3)4/h6,8-9H,5H2,1-4H3/t8?,9-/m1/s1. The Morgan fingerprint density at radius 3 is 2.30 bits per heavy atom. The predicted molar refractivity (Wildman–Crippen MR) is 45.5 cm³/mol. The molecular weight excluding hydrogens is 122 g/mol. The van der Waals surface area contributed by atoms with Crippen molar-refractivity contribution in [1.82, 2.24) is 0 Å². The fourth-order valence-corrected chi connectivity index (χ4v) is 1.40. The van der Waals surface area contributed by atoms with Gasteiger partial charge in [0.15, 0.2) is 0 Å². The molecule has 1 nitrogen and oxygen atoms in total. The van der Waals surface area contributed by atoms with Crippen molar-refractivity contribution in [3.63, 3.8) is 0 Å². The molecule has 1 unspecified atom stereocenters. The van der Waals surface area contributed by atoms with Gasteiger partial charge in [-0.05, 0) is 32.1 Å². The molecule has 1 heteroatoms. The lowest BCUT2D eigenvalue weighted by atomic mass is 10.1. The smallest absolute Gasteiger partial charge is 0.0533 e. The Bertz CT molecular complexity index is 143. The summed E-state index contributed by atoms with van der Waals surface area (Å²) in [5, 5.41) is 0. The van der Waals surface area contributed by atoms with Gasteiger partial charge in [0.25, 0.3) is 0 Å². The van der Waals surface area contributed by atoms with Gasteiger partial charge in [0, 0.05) is 5.71 Å². The molecule has 0 aromatic heterocycles. The number of hydrogen-bond donors (Lipinski definition) is 0. The van der Waals surface area contributed by atoms with Crippen LogP contribution >= 0.6 is 0 Å². The number of aliphatic imine (C=N–C) groups is 1. The first kappa shape index (κ1) is 7.77. The number of rotatable bonds is 2. The van der Waals surface area contributed by atoms with E-state index in [-0.39, 0.29) is 0 Å². The minimum Gasteiger partial charge on any atom is -0.291 e. The van der Waals surface area contributed by atoms with E-state index in [2.05, 4.69) is 32.7 Å². The predicted octanol–water partition coefficient (Wildman–Crippen LogP) is 2.51. The molecule has 58 valence electrons. The molecule has 10 heavy (non-hydrogen) atoms. The van der Waals surface area contributed by atoms with E-state index in [4.69, 9.17) is 0 Å². The van der Waals surface area contributed by atoms with Gasteiger partial charge in [-0.15, -0.1) is 0 Å². The third kappa shape index (κ3) is 1.83. The second kappa shape index (κ2) is 2.73. The molecule has 1 aliphatic carbocycles. The molecule has 0 bridgehead atoms. The van der Waals surface area contributed by atoms with Crippen molar-refractivity contribution in [2.24, 2.45) is 16.8 Å². The lowest BCUT2D eigenvalue weighted by Crippen LogP contribution is -1.95. The van der Waals surface area contributed by atoms with Crippen molar-refractivity contribution in [3.05, 3.63) is 0 Å². The molecule has 0 spiro atoms. The van der Waals surface area contributed by atoms with Crippen LogP contribution in [0.1, 0.15) is 34.1 Å². The highest BCUT2D eigenvalue weighted by Gasteiger charge is 2.38. The topological polar surface area (TPSA) is 12.4 Å². The van der Waals surface area contributed by atoms with Gasteiger partial charge in [-0.2, -0.15) is 0 Å². The van der Waals surface area contributed by atoms with Crippen LogP contribution in [0.15, 0.2) is 4.99 Å². The lowest BCUT2D eigenvalue weighted by Gasteiger charge is -1.98. The molecule has 1 rings (SSSR count). The highest BCUT2D eigenvalue weighted by atomic mass is 14.9. The van der Waals surface area contributed by atoms with Crippen molar-refractivity contribution < 1.29 is 0 Å². The fourth-order valence-electron chi connectivity index (χ4n) is 1.40. The first-order valence-corrected chi connectivity index (χ1v) is 4.12. The summed E-state index contributed by atoms with van der Waals surface area (Å²) in [7, 11) is 0.